The molecule has 1 saturated heterocycles. The molecule has 4 heteroatoms. The first-order valence-electron chi connectivity index (χ1n) is 7.59. The van der Waals surface area contributed by atoms with Crippen molar-refractivity contribution in [1.29, 1.82) is 0 Å². The highest BCUT2D eigenvalue weighted by molar-refractivity contribution is 6.42. The summed E-state index contributed by atoms with van der Waals surface area (Å²) in [5, 5.41) is 5.06. The van der Waals surface area contributed by atoms with Crippen LogP contribution in [-0.2, 0) is 6.54 Å². The quantitative estimate of drug-likeness (QED) is 0.905. The van der Waals surface area contributed by atoms with Gasteiger partial charge in [0.25, 0.3) is 0 Å². The maximum absolute atomic E-state index is 6.35. The fourth-order valence-electron chi connectivity index (χ4n) is 3.19. The molecule has 1 N–H and O–H groups in total. The summed E-state index contributed by atoms with van der Waals surface area (Å²) in [4.78, 5) is 2.61. The molecule has 1 aliphatic carbocycles. The molecule has 0 spiro atoms. The van der Waals surface area contributed by atoms with Gasteiger partial charge in [0.15, 0.2) is 0 Å². The van der Waals surface area contributed by atoms with E-state index in [1.165, 1.54) is 19.3 Å². The van der Waals surface area contributed by atoms with Crippen LogP contribution in [0.5, 0.6) is 0 Å². The summed E-state index contributed by atoms with van der Waals surface area (Å²) < 4.78 is 0. The van der Waals surface area contributed by atoms with Gasteiger partial charge in [-0.25, -0.2) is 0 Å². The van der Waals surface area contributed by atoms with Gasteiger partial charge in [-0.2, -0.15) is 0 Å². The predicted molar refractivity (Wildman–Crippen MR) is 85.5 cm³/mol. The normalized spacial score (nSPS) is 27.8. The Labute approximate surface area is 131 Å². The Balaban J connectivity index is 1.76. The van der Waals surface area contributed by atoms with Crippen LogP contribution < -0.4 is 5.32 Å². The summed E-state index contributed by atoms with van der Waals surface area (Å²) in [5.41, 5.74) is 1.15. The Kier molecular flexibility index (Phi) is 4.56. The van der Waals surface area contributed by atoms with Gasteiger partial charge in [0.2, 0.25) is 0 Å². The van der Waals surface area contributed by atoms with E-state index in [9.17, 15) is 0 Å². The lowest BCUT2D eigenvalue weighted by molar-refractivity contribution is 0.106. The van der Waals surface area contributed by atoms with Crippen molar-refractivity contribution < 1.29 is 0 Å². The summed E-state index contributed by atoms with van der Waals surface area (Å²) in [7, 11) is 0. The van der Waals surface area contributed by atoms with Crippen LogP contribution in [0, 0.1) is 5.92 Å². The number of piperazine rings is 1. The van der Waals surface area contributed by atoms with Crippen molar-refractivity contribution >= 4 is 23.2 Å². The molecule has 2 fully saturated rings. The fourth-order valence-corrected chi connectivity index (χ4v) is 3.57. The third-order valence-corrected chi connectivity index (χ3v) is 5.46. The van der Waals surface area contributed by atoms with E-state index in [1.54, 1.807) is 0 Å². The van der Waals surface area contributed by atoms with E-state index in [4.69, 9.17) is 23.2 Å². The van der Waals surface area contributed by atoms with E-state index in [0.717, 1.165) is 36.1 Å². The molecule has 0 radical (unpaired) electrons. The van der Waals surface area contributed by atoms with Crippen LogP contribution in [-0.4, -0.2) is 30.1 Å². The molecule has 1 saturated carbocycles. The molecule has 0 aromatic heterocycles. The van der Waals surface area contributed by atoms with Gasteiger partial charge in [-0.15, -0.1) is 0 Å². The third kappa shape index (κ3) is 3.14. The molecule has 3 rings (SSSR count). The van der Waals surface area contributed by atoms with Crippen molar-refractivity contribution in [2.24, 2.45) is 5.92 Å². The van der Waals surface area contributed by atoms with E-state index in [2.05, 4.69) is 23.2 Å². The SMILES string of the molecule is CCC1CN(Cc2cccc(Cl)c2Cl)C(C2CC2)CN1. The Bertz CT molecular complexity index is 474. The molecule has 2 nitrogen and oxygen atoms in total. The molecule has 20 heavy (non-hydrogen) atoms. The van der Waals surface area contributed by atoms with E-state index < -0.39 is 0 Å². The lowest BCUT2D eigenvalue weighted by Gasteiger charge is -2.40. The van der Waals surface area contributed by atoms with Crippen LogP contribution >= 0.6 is 23.2 Å². The Hall–Kier alpha value is -0.280. The zero-order chi connectivity index (χ0) is 14.1. The first-order valence-corrected chi connectivity index (χ1v) is 8.35. The van der Waals surface area contributed by atoms with E-state index in [0.29, 0.717) is 17.1 Å². The van der Waals surface area contributed by atoms with Gasteiger partial charge < -0.3 is 5.32 Å². The number of benzene rings is 1. The maximum Gasteiger partial charge on any atom is 0.0637 e. The number of halogens is 2. The summed E-state index contributed by atoms with van der Waals surface area (Å²) in [6.07, 6.45) is 3.93. The largest absolute Gasteiger partial charge is 0.311 e. The average molecular weight is 313 g/mol. The lowest BCUT2D eigenvalue weighted by Crippen LogP contribution is -2.56. The van der Waals surface area contributed by atoms with Crippen molar-refractivity contribution in [3.05, 3.63) is 33.8 Å². The van der Waals surface area contributed by atoms with Gasteiger partial charge in [-0.3, -0.25) is 4.90 Å². The molecule has 2 unspecified atom stereocenters. The topological polar surface area (TPSA) is 15.3 Å². The molecular formula is C16H22Cl2N2. The van der Waals surface area contributed by atoms with E-state index in [-0.39, 0.29) is 0 Å². The molecule has 1 aliphatic heterocycles. The highest BCUT2D eigenvalue weighted by atomic mass is 35.5. The second-order valence-corrected chi connectivity index (χ2v) is 6.85. The molecular weight excluding hydrogens is 291 g/mol. The Morgan fingerprint density at radius 3 is 2.80 bits per heavy atom. The van der Waals surface area contributed by atoms with Crippen LogP contribution in [0.15, 0.2) is 18.2 Å². The van der Waals surface area contributed by atoms with Crippen molar-refractivity contribution in [1.82, 2.24) is 10.2 Å². The van der Waals surface area contributed by atoms with Gasteiger partial charge in [0.1, 0.15) is 0 Å². The number of hydrogen-bond donors (Lipinski definition) is 1. The van der Waals surface area contributed by atoms with E-state index >= 15 is 0 Å². The molecule has 0 amide bonds. The number of rotatable bonds is 4. The average Bonchev–Trinajstić information content (AvgIpc) is 3.28. The number of hydrogen-bond acceptors (Lipinski definition) is 2. The summed E-state index contributed by atoms with van der Waals surface area (Å²) in [6, 6.07) is 7.21. The van der Waals surface area contributed by atoms with Crippen molar-refractivity contribution in [3.63, 3.8) is 0 Å². The lowest BCUT2D eigenvalue weighted by atomic mass is 10.0. The van der Waals surface area contributed by atoms with Crippen LogP contribution in [0.25, 0.3) is 0 Å². The smallest absolute Gasteiger partial charge is 0.0637 e. The first-order chi connectivity index (χ1) is 9.69. The summed E-state index contributed by atoms with van der Waals surface area (Å²) in [6.45, 7) is 5.39. The molecule has 1 heterocycles. The standard InChI is InChI=1S/C16H22Cl2N2/c1-2-13-10-20(15(8-19-13)11-6-7-11)9-12-4-3-5-14(17)16(12)18/h3-5,11,13,15,19H,2,6-10H2,1H3. The van der Waals surface area contributed by atoms with Crippen LogP contribution in [0.2, 0.25) is 10.0 Å². The molecule has 110 valence electrons. The zero-order valence-electron chi connectivity index (χ0n) is 11.9. The highest BCUT2D eigenvalue weighted by Gasteiger charge is 2.38. The molecule has 1 aromatic rings. The minimum atomic E-state index is 0.600. The fraction of sp³-hybridized carbons (Fsp3) is 0.625. The molecule has 2 atom stereocenters. The molecule has 0 bridgehead atoms. The second kappa shape index (κ2) is 6.23. The third-order valence-electron chi connectivity index (χ3n) is 4.60. The van der Waals surface area contributed by atoms with E-state index in [1.807, 2.05) is 12.1 Å². The van der Waals surface area contributed by atoms with Crippen LogP contribution in [0.1, 0.15) is 31.7 Å². The first kappa shape index (κ1) is 14.6. The Morgan fingerprint density at radius 2 is 2.10 bits per heavy atom. The minimum absolute atomic E-state index is 0.600. The highest BCUT2D eigenvalue weighted by Crippen LogP contribution is 2.37. The monoisotopic (exact) mass is 312 g/mol. The van der Waals surface area contributed by atoms with Gasteiger partial charge in [0.05, 0.1) is 10.0 Å². The van der Waals surface area contributed by atoms with Gasteiger partial charge in [-0.05, 0) is 36.8 Å². The van der Waals surface area contributed by atoms with Gasteiger partial charge >= 0.3 is 0 Å². The Morgan fingerprint density at radius 1 is 1.30 bits per heavy atom. The summed E-state index contributed by atoms with van der Waals surface area (Å²) in [5.74, 6) is 0.873. The maximum atomic E-state index is 6.35. The van der Waals surface area contributed by atoms with Crippen molar-refractivity contribution in [2.45, 2.75) is 44.8 Å². The minimum Gasteiger partial charge on any atom is -0.311 e. The van der Waals surface area contributed by atoms with Gasteiger partial charge in [-0.1, -0.05) is 42.3 Å². The predicted octanol–water partition coefficient (Wildman–Crippen LogP) is 3.96. The zero-order valence-corrected chi connectivity index (χ0v) is 13.4. The summed E-state index contributed by atoms with van der Waals surface area (Å²) >= 11 is 12.5. The van der Waals surface area contributed by atoms with Crippen molar-refractivity contribution in [3.8, 4) is 0 Å². The van der Waals surface area contributed by atoms with Crippen LogP contribution in [0.3, 0.4) is 0 Å². The molecule has 2 aliphatic rings. The number of nitrogens with one attached hydrogen (secondary N) is 1. The molecule has 1 aromatic carbocycles. The van der Waals surface area contributed by atoms with Gasteiger partial charge in [0, 0.05) is 31.7 Å². The second-order valence-electron chi connectivity index (χ2n) is 6.06. The number of nitrogens with zero attached hydrogens (tertiary/aromatic N) is 1. The van der Waals surface area contributed by atoms with Crippen molar-refractivity contribution in [2.75, 3.05) is 13.1 Å². The van der Waals surface area contributed by atoms with Crippen LogP contribution in [0.4, 0.5) is 0 Å².